The van der Waals surface area contributed by atoms with Gasteiger partial charge in [-0.15, -0.1) is 0 Å². The molecular weight excluding hydrogens is 392 g/mol. The number of rotatable bonds is 5. The Morgan fingerprint density at radius 3 is 2.34 bits per heavy atom. The maximum Gasteiger partial charge on any atom is 0.331 e. The van der Waals surface area contributed by atoms with Crippen molar-refractivity contribution >= 4 is 21.9 Å². The number of esters is 1. The minimum absolute atomic E-state index is 0.0644. The Hall–Kier alpha value is -1.93. The summed E-state index contributed by atoms with van der Waals surface area (Å²) in [6, 6.07) is 6.81. The Labute approximate surface area is 173 Å². The maximum atomic E-state index is 13.1. The predicted molar refractivity (Wildman–Crippen MR) is 109 cm³/mol. The third-order valence-corrected chi connectivity index (χ3v) is 8.00. The molecule has 3 rings (SSSR count). The van der Waals surface area contributed by atoms with Crippen molar-refractivity contribution in [1.29, 1.82) is 0 Å². The van der Waals surface area contributed by atoms with Crippen molar-refractivity contribution in [3.63, 3.8) is 0 Å². The fourth-order valence-electron chi connectivity index (χ4n) is 4.24. The van der Waals surface area contributed by atoms with Crippen molar-refractivity contribution in [2.24, 2.45) is 5.92 Å². The average molecular weight is 423 g/mol. The SMILES string of the molecule is CCOC(=O)[C@]1(C)CCCN1C(=O)C1CCN(S(=O)(=O)c2ccc(C)cc2)CC1. The van der Waals surface area contributed by atoms with Gasteiger partial charge in [0, 0.05) is 25.6 Å². The molecule has 0 radical (unpaired) electrons. The summed E-state index contributed by atoms with van der Waals surface area (Å²) in [6.07, 6.45) is 2.28. The van der Waals surface area contributed by atoms with Gasteiger partial charge in [0.2, 0.25) is 15.9 Å². The van der Waals surface area contributed by atoms with E-state index in [1.807, 2.05) is 6.92 Å². The highest BCUT2D eigenvalue weighted by atomic mass is 32.2. The van der Waals surface area contributed by atoms with Crippen LogP contribution in [-0.2, 0) is 24.3 Å². The average Bonchev–Trinajstić information content (AvgIpc) is 3.11. The van der Waals surface area contributed by atoms with Crippen LogP contribution in [0.3, 0.4) is 0 Å². The largest absolute Gasteiger partial charge is 0.464 e. The van der Waals surface area contributed by atoms with Gasteiger partial charge in [0.05, 0.1) is 11.5 Å². The third-order valence-electron chi connectivity index (χ3n) is 6.08. The summed E-state index contributed by atoms with van der Waals surface area (Å²) in [5.41, 5.74) is 0.0848. The number of hydrogen-bond donors (Lipinski definition) is 0. The monoisotopic (exact) mass is 422 g/mol. The Morgan fingerprint density at radius 1 is 1.14 bits per heavy atom. The van der Waals surface area contributed by atoms with Crippen LogP contribution in [0.4, 0.5) is 0 Å². The van der Waals surface area contributed by atoms with E-state index in [-0.39, 0.29) is 29.3 Å². The highest BCUT2D eigenvalue weighted by molar-refractivity contribution is 7.89. The molecule has 29 heavy (non-hydrogen) atoms. The van der Waals surface area contributed by atoms with Crippen LogP contribution in [0.5, 0.6) is 0 Å². The van der Waals surface area contributed by atoms with E-state index >= 15 is 0 Å². The third kappa shape index (κ3) is 4.19. The molecule has 1 atom stereocenters. The Kier molecular flexibility index (Phi) is 6.33. The molecule has 0 aromatic heterocycles. The molecule has 0 aliphatic carbocycles. The second-order valence-electron chi connectivity index (χ2n) is 8.08. The quantitative estimate of drug-likeness (QED) is 0.680. The van der Waals surface area contributed by atoms with Gasteiger partial charge < -0.3 is 9.64 Å². The van der Waals surface area contributed by atoms with Crippen LogP contribution in [0.25, 0.3) is 0 Å². The molecule has 2 heterocycles. The summed E-state index contributed by atoms with van der Waals surface area (Å²) in [6.45, 7) is 6.87. The van der Waals surface area contributed by atoms with E-state index in [4.69, 9.17) is 4.74 Å². The molecule has 1 aromatic carbocycles. The van der Waals surface area contributed by atoms with Gasteiger partial charge in [-0.1, -0.05) is 17.7 Å². The molecule has 2 aliphatic heterocycles. The molecule has 7 nitrogen and oxygen atoms in total. The van der Waals surface area contributed by atoms with Crippen LogP contribution in [0, 0.1) is 12.8 Å². The first-order valence-electron chi connectivity index (χ1n) is 10.3. The van der Waals surface area contributed by atoms with E-state index in [1.165, 1.54) is 4.31 Å². The van der Waals surface area contributed by atoms with Crippen LogP contribution in [-0.4, -0.2) is 61.3 Å². The first-order valence-corrected chi connectivity index (χ1v) is 11.7. The number of piperidine rings is 1. The molecule has 2 aliphatic rings. The molecular formula is C21H30N2O5S. The topological polar surface area (TPSA) is 84.0 Å². The molecule has 0 spiro atoms. The lowest BCUT2D eigenvalue weighted by atomic mass is 9.93. The van der Waals surface area contributed by atoms with E-state index in [9.17, 15) is 18.0 Å². The predicted octanol–water partition coefficient (Wildman–Crippen LogP) is 2.34. The number of sulfonamides is 1. The van der Waals surface area contributed by atoms with Gasteiger partial charge in [-0.2, -0.15) is 4.31 Å². The first kappa shape index (κ1) is 21.8. The van der Waals surface area contributed by atoms with E-state index in [1.54, 1.807) is 43.0 Å². The van der Waals surface area contributed by atoms with Gasteiger partial charge in [0.25, 0.3) is 0 Å². The van der Waals surface area contributed by atoms with E-state index in [0.29, 0.717) is 38.9 Å². The van der Waals surface area contributed by atoms with Crippen molar-refractivity contribution in [2.75, 3.05) is 26.2 Å². The number of amides is 1. The van der Waals surface area contributed by atoms with Gasteiger partial charge in [0.1, 0.15) is 5.54 Å². The standard InChI is InChI=1S/C21H30N2O5S/c1-4-28-20(25)21(3)12-5-13-23(21)19(24)17-10-14-22(15-11-17)29(26,27)18-8-6-16(2)7-9-18/h6-9,17H,4-5,10-15H2,1-3H3/t21-/m0/s1. The molecule has 8 heteroatoms. The number of carbonyl (C=O) groups excluding carboxylic acids is 2. The molecule has 160 valence electrons. The number of carbonyl (C=O) groups is 2. The molecule has 0 N–H and O–H groups in total. The Balaban J connectivity index is 1.66. The zero-order chi connectivity index (χ0) is 21.2. The minimum Gasteiger partial charge on any atom is -0.464 e. The highest BCUT2D eigenvalue weighted by Gasteiger charge is 2.48. The van der Waals surface area contributed by atoms with Gasteiger partial charge in [0.15, 0.2) is 0 Å². The number of benzene rings is 1. The van der Waals surface area contributed by atoms with E-state index in [0.717, 1.165) is 12.0 Å². The molecule has 2 saturated heterocycles. The van der Waals surface area contributed by atoms with Crippen molar-refractivity contribution < 1.29 is 22.7 Å². The Morgan fingerprint density at radius 2 is 1.76 bits per heavy atom. The summed E-state index contributed by atoms with van der Waals surface area (Å²) in [7, 11) is -3.56. The summed E-state index contributed by atoms with van der Waals surface area (Å²) in [5.74, 6) is -0.693. The molecule has 0 unspecified atom stereocenters. The summed E-state index contributed by atoms with van der Waals surface area (Å²) in [5, 5.41) is 0. The molecule has 1 amide bonds. The fraction of sp³-hybridized carbons (Fsp3) is 0.619. The molecule has 0 saturated carbocycles. The smallest absolute Gasteiger partial charge is 0.331 e. The molecule has 1 aromatic rings. The zero-order valence-electron chi connectivity index (χ0n) is 17.4. The van der Waals surface area contributed by atoms with Crippen molar-refractivity contribution in [3.05, 3.63) is 29.8 Å². The highest BCUT2D eigenvalue weighted by Crippen LogP contribution is 2.34. The number of hydrogen-bond acceptors (Lipinski definition) is 5. The van der Waals surface area contributed by atoms with Crippen LogP contribution >= 0.6 is 0 Å². The van der Waals surface area contributed by atoms with Gasteiger partial charge in [-0.25, -0.2) is 13.2 Å². The zero-order valence-corrected chi connectivity index (χ0v) is 18.2. The second kappa shape index (κ2) is 8.44. The van der Waals surface area contributed by atoms with Crippen LogP contribution in [0.1, 0.15) is 45.1 Å². The van der Waals surface area contributed by atoms with Crippen LogP contribution in [0.15, 0.2) is 29.2 Å². The van der Waals surface area contributed by atoms with Gasteiger partial charge in [-0.3, -0.25) is 4.79 Å². The van der Waals surface area contributed by atoms with Gasteiger partial charge in [-0.05, 0) is 58.6 Å². The summed E-state index contributed by atoms with van der Waals surface area (Å²) < 4.78 is 32.4. The van der Waals surface area contributed by atoms with Crippen molar-refractivity contribution in [2.45, 2.75) is 56.9 Å². The number of nitrogens with zero attached hydrogens (tertiary/aromatic N) is 2. The van der Waals surface area contributed by atoms with Crippen LogP contribution < -0.4 is 0 Å². The van der Waals surface area contributed by atoms with Crippen molar-refractivity contribution in [1.82, 2.24) is 9.21 Å². The van der Waals surface area contributed by atoms with E-state index < -0.39 is 15.6 Å². The maximum absolute atomic E-state index is 13.1. The minimum atomic E-state index is -3.56. The first-order chi connectivity index (χ1) is 13.7. The molecule has 2 fully saturated rings. The number of likely N-dealkylation sites (tertiary alicyclic amines) is 1. The van der Waals surface area contributed by atoms with Crippen molar-refractivity contribution in [3.8, 4) is 0 Å². The molecule has 0 bridgehead atoms. The number of aryl methyl sites for hydroxylation is 1. The fourth-order valence-corrected chi connectivity index (χ4v) is 5.71. The summed E-state index contributed by atoms with van der Waals surface area (Å²) >= 11 is 0. The second-order valence-corrected chi connectivity index (χ2v) is 10.0. The number of ether oxygens (including phenoxy) is 1. The van der Waals surface area contributed by atoms with Gasteiger partial charge >= 0.3 is 5.97 Å². The lowest BCUT2D eigenvalue weighted by molar-refractivity contribution is -0.162. The lowest BCUT2D eigenvalue weighted by Crippen LogP contribution is -2.54. The lowest BCUT2D eigenvalue weighted by Gasteiger charge is -2.37. The van der Waals surface area contributed by atoms with E-state index in [2.05, 4.69) is 0 Å². The summed E-state index contributed by atoms with van der Waals surface area (Å²) in [4.78, 5) is 27.5. The Bertz CT molecular complexity index is 860. The normalized spacial score (nSPS) is 23.9. The van der Waals surface area contributed by atoms with Crippen LogP contribution in [0.2, 0.25) is 0 Å².